The fourth-order valence-electron chi connectivity index (χ4n) is 3.58. The van der Waals surface area contributed by atoms with Gasteiger partial charge in [-0.2, -0.15) is 0 Å². The first-order valence-electron chi connectivity index (χ1n) is 8.01. The molecule has 1 unspecified atom stereocenters. The van der Waals surface area contributed by atoms with Crippen molar-refractivity contribution in [3.05, 3.63) is 35.4 Å². The van der Waals surface area contributed by atoms with E-state index in [4.69, 9.17) is 5.11 Å². The Morgan fingerprint density at radius 2 is 2.14 bits per heavy atom. The molecule has 0 spiro atoms. The summed E-state index contributed by atoms with van der Waals surface area (Å²) in [6.45, 7) is 1.87. The summed E-state index contributed by atoms with van der Waals surface area (Å²) in [7, 11) is 0. The quantitative estimate of drug-likeness (QED) is 0.882. The summed E-state index contributed by atoms with van der Waals surface area (Å²) in [5.74, 6) is 0.241. The van der Waals surface area contributed by atoms with Crippen LogP contribution in [-0.4, -0.2) is 41.1 Å². The van der Waals surface area contributed by atoms with Crippen LogP contribution >= 0.6 is 0 Å². The smallest absolute Gasteiger partial charge is 0.240 e. The molecule has 2 aliphatic heterocycles. The van der Waals surface area contributed by atoms with E-state index in [1.54, 1.807) is 0 Å². The third kappa shape index (κ3) is 3.11. The van der Waals surface area contributed by atoms with Gasteiger partial charge in [0.2, 0.25) is 5.91 Å². The molecule has 0 bridgehead atoms. The number of carbonyl (C=O) groups is 1. The van der Waals surface area contributed by atoms with Gasteiger partial charge < -0.3 is 15.3 Å². The van der Waals surface area contributed by atoms with E-state index in [-0.39, 0.29) is 18.6 Å². The van der Waals surface area contributed by atoms with Crippen molar-refractivity contribution in [2.75, 3.05) is 13.2 Å². The highest BCUT2D eigenvalue weighted by Gasteiger charge is 2.34. The van der Waals surface area contributed by atoms with E-state index in [0.29, 0.717) is 6.04 Å². The molecular weight excluding hydrogens is 264 g/mol. The molecule has 0 aliphatic carbocycles. The van der Waals surface area contributed by atoms with Crippen molar-refractivity contribution in [2.24, 2.45) is 0 Å². The standard InChI is InChI=1S/C17H24N2O2/c20-10-4-8-15-7-3-9-19(15)17(21)16-11-13-5-1-2-6-14(13)12-18-16/h1-2,5-6,15-16,18,20H,3-4,7-12H2/t15?,16-/m0/s1. The maximum atomic E-state index is 12.8. The minimum Gasteiger partial charge on any atom is -0.396 e. The zero-order valence-corrected chi connectivity index (χ0v) is 12.4. The SMILES string of the molecule is O=C([C@@H]1Cc2ccccc2CN1)N1CCCC1CCCO. The molecule has 1 amide bonds. The van der Waals surface area contributed by atoms with Gasteiger partial charge >= 0.3 is 0 Å². The first-order valence-corrected chi connectivity index (χ1v) is 8.01. The van der Waals surface area contributed by atoms with Gasteiger partial charge in [0, 0.05) is 25.7 Å². The van der Waals surface area contributed by atoms with E-state index in [1.807, 2.05) is 17.0 Å². The van der Waals surface area contributed by atoms with Crippen LogP contribution in [0.2, 0.25) is 0 Å². The number of benzene rings is 1. The molecule has 0 saturated carbocycles. The van der Waals surface area contributed by atoms with Gasteiger partial charge in [-0.1, -0.05) is 24.3 Å². The lowest BCUT2D eigenvalue weighted by Gasteiger charge is -2.32. The second-order valence-electron chi connectivity index (χ2n) is 6.10. The van der Waals surface area contributed by atoms with E-state index >= 15 is 0 Å². The number of likely N-dealkylation sites (tertiary alicyclic amines) is 1. The first-order chi connectivity index (χ1) is 10.3. The van der Waals surface area contributed by atoms with Crippen molar-refractivity contribution in [3.8, 4) is 0 Å². The summed E-state index contributed by atoms with van der Waals surface area (Å²) in [5, 5.41) is 12.4. The molecule has 3 rings (SSSR count). The molecule has 2 atom stereocenters. The van der Waals surface area contributed by atoms with Crippen LogP contribution < -0.4 is 5.32 Å². The van der Waals surface area contributed by atoms with Crippen LogP contribution in [0.3, 0.4) is 0 Å². The van der Waals surface area contributed by atoms with Gasteiger partial charge in [-0.3, -0.25) is 4.79 Å². The van der Waals surface area contributed by atoms with Crippen molar-refractivity contribution in [1.82, 2.24) is 10.2 Å². The Balaban J connectivity index is 1.66. The second kappa shape index (κ2) is 6.58. The molecule has 0 radical (unpaired) electrons. The van der Waals surface area contributed by atoms with Crippen LogP contribution in [0.15, 0.2) is 24.3 Å². The van der Waals surface area contributed by atoms with E-state index in [9.17, 15) is 4.79 Å². The number of amides is 1. The molecule has 2 aliphatic rings. The van der Waals surface area contributed by atoms with Gasteiger partial charge in [-0.15, -0.1) is 0 Å². The Kier molecular flexibility index (Phi) is 4.56. The maximum Gasteiger partial charge on any atom is 0.240 e. The minimum atomic E-state index is -0.0883. The number of nitrogens with one attached hydrogen (secondary N) is 1. The van der Waals surface area contributed by atoms with Crippen LogP contribution in [0.4, 0.5) is 0 Å². The lowest BCUT2D eigenvalue weighted by atomic mass is 9.95. The minimum absolute atomic E-state index is 0.0883. The Morgan fingerprint density at radius 3 is 2.95 bits per heavy atom. The Hall–Kier alpha value is -1.39. The monoisotopic (exact) mass is 288 g/mol. The van der Waals surface area contributed by atoms with Crippen LogP contribution in [0.1, 0.15) is 36.8 Å². The Bertz CT molecular complexity index is 503. The fraction of sp³-hybridized carbons (Fsp3) is 0.588. The lowest BCUT2D eigenvalue weighted by Crippen LogP contribution is -2.50. The number of fused-ring (bicyclic) bond motifs is 1. The number of hydrogen-bond donors (Lipinski definition) is 2. The van der Waals surface area contributed by atoms with Crippen molar-refractivity contribution >= 4 is 5.91 Å². The maximum absolute atomic E-state index is 12.8. The second-order valence-corrected chi connectivity index (χ2v) is 6.10. The molecule has 1 aromatic rings. The highest BCUT2D eigenvalue weighted by atomic mass is 16.3. The summed E-state index contributed by atoms with van der Waals surface area (Å²) in [4.78, 5) is 14.8. The number of aliphatic hydroxyl groups excluding tert-OH is 1. The number of rotatable bonds is 4. The third-order valence-electron chi connectivity index (χ3n) is 4.74. The topological polar surface area (TPSA) is 52.6 Å². The summed E-state index contributed by atoms with van der Waals surface area (Å²) >= 11 is 0. The Labute approximate surface area is 126 Å². The van der Waals surface area contributed by atoms with Crippen LogP contribution in [0.5, 0.6) is 0 Å². The summed E-state index contributed by atoms with van der Waals surface area (Å²) in [5.41, 5.74) is 2.60. The van der Waals surface area contributed by atoms with Crippen molar-refractivity contribution in [3.63, 3.8) is 0 Å². The predicted octanol–water partition coefficient (Wildman–Crippen LogP) is 1.46. The van der Waals surface area contributed by atoms with E-state index in [0.717, 1.165) is 45.2 Å². The number of aliphatic hydroxyl groups is 1. The van der Waals surface area contributed by atoms with E-state index in [1.165, 1.54) is 11.1 Å². The number of nitrogens with zero attached hydrogens (tertiary/aromatic N) is 1. The predicted molar refractivity (Wildman–Crippen MR) is 81.8 cm³/mol. The molecule has 2 N–H and O–H groups in total. The van der Waals surface area contributed by atoms with Crippen molar-refractivity contribution in [1.29, 1.82) is 0 Å². The number of carbonyl (C=O) groups excluding carboxylic acids is 1. The molecule has 4 nitrogen and oxygen atoms in total. The average molecular weight is 288 g/mol. The molecular formula is C17H24N2O2. The highest BCUT2D eigenvalue weighted by Crippen LogP contribution is 2.24. The molecule has 1 aromatic carbocycles. The van der Waals surface area contributed by atoms with Gasteiger partial charge in [0.15, 0.2) is 0 Å². The molecule has 2 heterocycles. The zero-order valence-electron chi connectivity index (χ0n) is 12.4. The molecule has 1 fully saturated rings. The van der Waals surface area contributed by atoms with Gasteiger partial charge in [0.25, 0.3) is 0 Å². The van der Waals surface area contributed by atoms with Gasteiger partial charge in [-0.25, -0.2) is 0 Å². The lowest BCUT2D eigenvalue weighted by molar-refractivity contribution is -0.134. The Morgan fingerprint density at radius 1 is 1.33 bits per heavy atom. The average Bonchev–Trinajstić information content (AvgIpc) is 3.00. The fourth-order valence-corrected chi connectivity index (χ4v) is 3.58. The third-order valence-corrected chi connectivity index (χ3v) is 4.74. The molecule has 0 aromatic heterocycles. The van der Waals surface area contributed by atoms with Crippen molar-refractivity contribution in [2.45, 2.75) is 50.7 Å². The largest absolute Gasteiger partial charge is 0.396 e. The molecule has 21 heavy (non-hydrogen) atoms. The summed E-state index contributed by atoms with van der Waals surface area (Å²) < 4.78 is 0. The number of hydrogen-bond acceptors (Lipinski definition) is 3. The highest BCUT2D eigenvalue weighted by molar-refractivity contribution is 5.83. The molecule has 114 valence electrons. The first kappa shape index (κ1) is 14.5. The van der Waals surface area contributed by atoms with Crippen LogP contribution in [-0.2, 0) is 17.8 Å². The summed E-state index contributed by atoms with van der Waals surface area (Å²) in [6, 6.07) is 8.59. The van der Waals surface area contributed by atoms with E-state index < -0.39 is 0 Å². The molecule has 1 saturated heterocycles. The van der Waals surface area contributed by atoms with Gasteiger partial charge in [-0.05, 0) is 43.2 Å². The summed E-state index contributed by atoms with van der Waals surface area (Å²) in [6.07, 6.45) is 4.67. The zero-order chi connectivity index (χ0) is 14.7. The van der Waals surface area contributed by atoms with Crippen LogP contribution in [0, 0.1) is 0 Å². The van der Waals surface area contributed by atoms with Gasteiger partial charge in [0.1, 0.15) is 0 Å². The van der Waals surface area contributed by atoms with Gasteiger partial charge in [0.05, 0.1) is 6.04 Å². The van der Waals surface area contributed by atoms with E-state index in [2.05, 4.69) is 17.4 Å². The normalized spacial score (nSPS) is 24.9. The molecule has 4 heteroatoms. The van der Waals surface area contributed by atoms with Crippen LogP contribution in [0.25, 0.3) is 0 Å². The van der Waals surface area contributed by atoms with Crippen molar-refractivity contribution < 1.29 is 9.90 Å².